The van der Waals surface area contributed by atoms with Gasteiger partial charge < -0.3 is 94.9 Å². The molecule has 3 unspecified atom stereocenters. The number of amides is 12. The Morgan fingerprint density at radius 1 is 0.575 bits per heavy atom. The van der Waals surface area contributed by atoms with Gasteiger partial charge in [-0.2, -0.15) is 23.5 Å². The second-order valence-corrected chi connectivity index (χ2v) is 33.3. The van der Waals surface area contributed by atoms with Crippen LogP contribution in [0.15, 0.2) is 24.3 Å². The molecule has 16 atom stereocenters. The van der Waals surface area contributed by atoms with Gasteiger partial charge in [0, 0.05) is 36.0 Å². The van der Waals surface area contributed by atoms with Crippen molar-refractivity contribution in [2.45, 2.75) is 292 Å². The minimum Gasteiger partial charge on any atom is -0.393 e. The lowest BCUT2D eigenvalue weighted by molar-refractivity contribution is -0.144. The zero-order chi connectivity index (χ0) is 77.5. The van der Waals surface area contributed by atoms with Gasteiger partial charge in [0.2, 0.25) is 70.9 Å². The maximum Gasteiger partial charge on any atom is 0.245 e. The van der Waals surface area contributed by atoms with Gasteiger partial charge in [-0.05, 0) is 183 Å². The number of aliphatic hydroxyl groups excluding tert-OH is 4. The van der Waals surface area contributed by atoms with Gasteiger partial charge in [-0.15, -0.1) is 0 Å². The Morgan fingerprint density at radius 2 is 1.08 bits per heavy atom. The third-order valence-electron chi connectivity index (χ3n) is 21.4. The number of fused-ring (bicyclic) bond motifs is 4. The van der Waals surface area contributed by atoms with Crippen LogP contribution in [-0.4, -0.2) is 224 Å². The maximum absolute atomic E-state index is 15.1. The number of primary amides is 1. The number of nitrogens with two attached hydrogens (primary N) is 1. The summed E-state index contributed by atoms with van der Waals surface area (Å²) < 4.78 is 0. The lowest BCUT2D eigenvalue weighted by atomic mass is 9.82. The summed E-state index contributed by atoms with van der Waals surface area (Å²) >= 11 is 2.79. The van der Waals surface area contributed by atoms with E-state index < -0.39 is 167 Å². The zero-order valence-electron chi connectivity index (χ0n) is 63.0. The predicted molar refractivity (Wildman–Crippen MR) is 401 cm³/mol. The number of benzene rings is 1. The number of hydrogen-bond acceptors (Lipinski definition) is 20. The number of aliphatic hydroxyl groups is 4. The molecular weight excluding hydrogens is 1410 g/mol. The van der Waals surface area contributed by atoms with Crippen molar-refractivity contribution in [3.05, 3.63) is 35.4 Å². The lowest BCUT2D eigenvalue weighted by Crippen LogP contribution is -2.62. The van der Waals surface area contributed by atoms with E-state index in [1.165, 1.54) is 49.2 Å². The summed E-state index contributed by atoms with van der Waals surface area (Å²) in [6, 6.07) is -6.92. The van der Waals surface area contributed by atoms with Crippen LogP contribution in [0.2, 0.25) is 0 Å². The molecule has 106 heavy (non-hydrogen) atoms. The Balaban J connectivity index is 1.17. The van der Waals surface area contributed by atoms with Gasteiger partial charge in [-0.25, -0.2) is 0 Å². The monoisotopic (exact) mass is 1520 g/mol. The summed E-state index contributed by atoms with van der Waals surface area (Å²) in [6.45, 7) is 14.2. The van der Waals surface area contributed by atoms with E-state index in [1.54, 1.807) is 34.6 Å². The third kappa shape index (κ3) is 26.0. The van der Waals surface area contributed by atoms with E-state index in [-0.39, 0.29) is 87.1 Å². The molecule has 2 aliphatic carbocycles. The van der Waals surface area contributed by atoms with Crippen LogP contribution in [0.1, 0.15) is 195 Å². The second-order valence-electron chi connectivity index (χ2n) is 31.2. The molecule has 7 rings (SSSR count). The summed E-state index contributed by atoms with van der Waals surface area (Å²) in [5.41, 5.74) is 6.76. The number of piperidine rings is 1. The van der Waals surface area contributed by atoms with Crippen molar-refractivity contribution >= 4 is 94.4 Å². The molecule has 4 aliphatic heterocycles. The highest BCUT2D eigenvalue weighted by Gasteiger charge is 2.45. The number of thioether (sulfide) groups is 2. The van der Waals surface area contributed by atoms with Gasteiger partial charge in [0.15, 0.2) is 0 Å². The van der Waals surface area contributed by atoms with Crippen molar-refractivity contribution in [3.8, 4) is 0 Å². The molecule has 12 amide bonds. The van der Waals surface area contributed by atoms with Crippen LogP contribution >= 0.6 is 23.5 Å². The van der Waals surface area contributed by atoms with Crippen LogP contribution in [0.4, 0.5) is 0 Å². The van der Waals surface area contributed by atoms with E-state index in [0.29, 0.717) is 94.4 Å². The van der Waals surface area contributed by atoms with Crippen molar-refractivity contribution < 1.29 is 78.0 Å². The quantitative estimate of drug-likeness (QED) is 0.125. The van der Waals surface area contributed by atoms with Crippen LogP contribution in [0.25, 0.3) is 0 Å². The molecule has 0 spiro atoms. The lowest BCUT2D eigenvalue weighted by Gasteiger charge is -2.35. The van der Waals surface area contributed by atoms with Crippen LogP contribution in [-0.2, 0) is 69.0 Å². The molecular formula is C74H120N14O16S2. The molecule has 6 aliphatic rings. The standard InChI is InChI=1S/C74H120N14O16S2/c1-9-14-51-65(96)78-40(3)64(95)81-53(33-43-20-24-48(91)25-21-43)67(98)80-52(15-10-2)66(97)86-59(41(4)89)71(102)84-56(62(75)94)39-106-38-46-17-11-16-45(32-46)37-105-31-28-58(93)85-61(74(6,7)8)72(103)83-55(34-44-22-26-49(92)27-23-44)73(104)88-30-13-19-57(88)69(100)87-60(42(5)90)70(101)82-54(68(99)79-51)35-47-36-77-63-50(47)18-12-29-76-63/h11,16-17,32,40-44,47-57,59-61,63,76-77,89-92H,9-10,12-15,18-31,33-39H2,1-8H3,(H2,75,94)(H,78,96)(H,79,99)(H,80,98)(H,81,95)(H,82,101)(H,83,103)(H,84,102)(H,85,93)(H,86,97)(H,87,100)/t40-,41+,42+,43?,44?,47?,48?,49?,50?,51-,52-,53-,54-,55-,56+,57-,59-,60-,61+,63?/m0/s1. The molecule has 594 valence electrons. The van der Waals surface area contributed by atoms with Crippen LogP contribution in [0.3, 0.4) is 0 Å². The van der Waals surface area contributed by atoms with Gasteiger partial charge in [0.1, 0.15) is 66.5 Å². The largest absolute Gasteiger partial charge is 0.393 e. The SMILES string of the molecule is CCC[C@@H]1NC(=O)[C@H](CC2CNC3NCCCC23)NC(=O)[C@H]([C@@H](C)O)NC(=O)[C@@H]2CCCN2C(=O)[C@H](CC2CCC(O)CC2)NC(=O)[C@H](C(C)(C)C)NC(=O)CCSCc2cccc(c2)CSC[C@H](C(N)=O)NC(=O)[C@H]([C@@H](C)O)NC(=O)[C@H](CCC)NC(=O)[C@H](CC2CCC(O)CC2)NC(=O)[C@H](C)NC1=O. The summed E-state index contributed by atoms with van der Waals surface area (Å²) in [7, 11) is 0. The van der Waals surface area contributed by atoms with Gasteiger partial charge in [0.25, 0.3) is 0 Å². The first-order chi connectivity index (χ1) is 50.3. The Morgan fingerprint density at radius 3 is 1.65 bits per heavy atom. The van der Waals surface area contributed by atoms with E-state index >= 15 is 4.79 Å². The van der Waals surface area contributed by atoms with Crippen LogP contribution in [0.5, 0.6) is 0 Å². The molecule has 1 aromatic carbocycles. The van der Waals surface area contributed by atoms with Crippen molar-refractivity contribution in [3.63, 3.8) is 0 Å². The van der Waals surface area contributed by atoms with Crippen molar-refractivity contribution in [2.75, 3.05) is 31.1 Å². The molecule has 18 N–H and O–H groups in total. The van der Waals surface area contributed by atoms with Crippen LogP contribution in [0, 0.1) is 29.1 Å². The molecule has 0 aromatic heterocycles. The Bertz CT molecular complexity index is 3170. The Labute approximate surface area is 631 Å². The smallest absolute Gasteiger partial charge is 0.245 e. The second kappa shape index (κ2) is 41.8. The summed E-state index contributed by atoms with van der Waals surface area (Å²) in [5.74, 6) is -8.17. The zero-order valence-corrected chi connectivity index (χ0v) is 64.6. The molecule has 5 fully saturated rings. The van der Waals surface area contributed by atoms with E-state index in [0.717, 1.165) is 30.5 Å². The van der Waals surface area contributed by atoms with Crippen molar-refractivity contribution in [1.29, 1.82) is 0 Å². The number of nitrogens with one attached hydrogen (secondary N) is 12. The molecule has 2 bridgehead atoms. The minimum absolute atomic E-state index is 0.00786. The normalized spacial score (nSPS) is 33.0. The van der Waals surface area contributed by atoms with E-state index in [4.69, 9.17) is 5.73 Å². The predicted octanol–water partition coefficient (Wildman–Crippen LogP) is 0.126. The molecule has 32 heteroatoms. The van der Waals surface area contributed by atoms with Gasteiger partial charge in [0.05, 0.1) is 30.6 Å². The molecule has 0 radical (unpaired) electrons. The van der Waals surface area contributed by atoms with E-state index in [9.17, 15) is 73.2 Å². The maximum atomic E-state index is 15.1. The number of nitrogens with zero attached hydrogens (tertiary/aromatic N) is 1. The fourth-order valence-electron chi connectivity index (χ4n) is 15.2. The third-order valence-corrected chi connectivity index (χ3v) is 23.6. The van der Waals surface area contributed by atoms with Crippen LogP contribution < -0.4 is 69.5 Å². The average Bonchev–Trinajstić information content (AvgIpc) is 1.64. The first-order valence-electron chi connectivity index (χ1n) is 38.4. The molecule has 3 saturated heterocycles. The van der Waals surface area contributed by atoms with Gasteiger partial charge in [-0.3, -0.25) is 57.5 Å². The molecule has 2 saturated carbocycles. The highest BCUT2D eigenvalue weighted by Crippen LogP contribution is 2.34. The summed E-state index contributed by atoms with van der Waals surface area (Å²) in [5, 5.41) is 77.6. The Hall–Kier alpha value is -6.68. The first-order valence-corrected chi connectivity index (χ1v) is 40.7. The number of hydrogen-bond donors (Lipinski definition) is 17. The fraction of sp³-hybridized carbons (Fsp3) is 0.757. The number of carbonyl (C=O) groups excluding carboxylic acids is 12. The number of carbonyl (C=O) groups is 12. The average molecular weight is 1530 g/mol. The molecule has 30 nitrogen and oxygen atoms in total. The first kappa shape index (κ1) is 86.6. The summed E-state index contributed by atoms with van der Waals surface area (Å²) in [4.78, 5) is 174. The van der Waals surface area contributed by atoms with Crippen molar-refractivity contribution in [1.82, 2.24) is 68.7 Å². The number of rotatable bonds is 13. The van der Waals surface area contributed by atoms with Crippen molar-refractivity contribution in [2.24, 2.45) is 34.8 Å². The highest BCUT2D eigenvalue weighted by atomic mass is 32.2. The van der Waals surface area contributed by atoms with Gasteiger partial charge >= 0.3 is 0 Å². The van der Waals surface area contributed by atoms with E-state index in [1.807, 2.05) is 24.3 Å². The minimum atomic E-state index is -1.67. The van der Waals surface area contributed by atoms with E-state index in [2.05, 4.69) is 63.8 Å². The van der Waals surface area contributed by atoms with Gasteiger partial charge in [-0.1, -0.05) is 71.7 Å². The fourth-order valence-corrected chi connectivity index (χ4v) is 17.1. The summed E-state index contributed by atoms with van der Waals surface area (Å²) in [6.07, 6.45) is 3.22. The Kier molecular flexibility index (Phi) is 34.1. The molecule has 1 aromatic rings. The topological polar surface area (TPSA) is 459 Å². The highest BCUT2D eigenvalue weighted by molar-refractivity contribution is 7.98. The molecule has 4 heterocycles.